The first-order valence-corrected chi connectivity index (χ1v) is 8.16. The average molecular weight is 318 g/mol. The number of nitrogen functional groups attached to an aromatic ring is 2. The Kier molecular flexibility index (Phi) is 3.78. The number of nitrogens with zero attached hydrogens (tertiary/aromatic N) is 2. The fourth-order valence-corrected chi connectivity index (χ4v) is 3.57. The first-order valence-electron chi connectivity index (χ1n) is 8.16. The molecule has 2 unspecified atom stereocenters. The van der Waals surface area contributed by atoms with Crippen LogP contribution in [-0.4, -0.2) is 41.8 Å². The minimum Gasteiger partial charge on any atom is -0.444 e. The number of rotatable bonds is 1. The van der Waals surface area contributed by atoms with Crippen LogP contribution in [0, 0.1) is 0 Å². The van der Waals surface area contributed by atoms with Crippen LogP contribution < -0.4 is 16.4 Å². The van der Waals surface area contributed by atoms with E-state index in [1.165, 1.54) is 0 Å². The highest BCUT2D eigenvalue weighted by Gasteiger charge is 2.43. The van der Waals surface area contributed by atoms with Crippen molar-refractivity contribution in [2.75, 3.05) is 29.5 Å². The van der Waals surface area contributed by atoms with Crippen LogP contribution in [0.15, 0.2) is 18.2 Å². The van der Waals surface area contributed by atoms with Gasteiger partial charge in [0.25, 0.3) is 0 Å². The van der Waals surface area contributed by atoms with E-state index in [9.17, 15) is 4.79 Å². The Morgan fingerprint density at radius 1 is 1.17 bits per heavy atom. The molecule has 2 saturated heterocycles. The van der Waals surface area contributed by atoms with Crippen molar-refractivity contribution in [2.45, 2.75) is 51.3 Å². The summed E-state index contributed by atoms with van der Waals surface area (Å²) in [5.74, 6) is 0. The van der Waals surface area contributed by atoms with Gasteiger partial charge in [-0.05, 0) is 45.7 Å². The summed E-state index contributed by atoms with van der Waals surface area (Å²) < 4.78 is 5.51. The Bertz CT molecular complexity index is 597. The van der Waals surface area contributed by atoms with Gasteiger partial charge in [-0.15, -0.1) is 0 Å². The number of hydrogen-bond acceptors (Lipinski definition) is 5. The van der Waals surface area contributed by atoms with Crippen LogP contribution in [0.2, 0.25) is 0 Å². The lowest BCUT2D eigenvalue weighted by Crippen LogP contribution is -2.56. The molecule has 0 spiro atoms. The zero-order valence-electron chi connectivity index (χ0n) is 14.1. The van der Waals surface area contributed by atoms with E-state index in [2.05, 4.69) is 4.90 Å². The summed E-state index contributed by atoms with van der Waals surface area (Å²) in [5.41, 5.74) is 13.9. The number of carbonyl (C=O) groups is 1. The number of nitrogens with two attached hydrogens (primary N) is 2. The van der Waals surface area contributed by atoms with Crippen LogP contribution in [0.1, 0.15) is 33.6 Å². The number of likely N-dealkylation sites (tertiary alicyclic amines) is 1. The highest BCUT2D eigenvalue weighted by Crippen LogP contribution is 2.39. The third-order valence-electron chi connectivity index (χ3n) is 4.53. The molecule has 23 heavy (non-hydrogen) atoms. The maximum atomic E-state index is 12.3. The molecule has 1 aromatic rings. The number of hydrogen-bond donors (Lipinski definition) is 2. The summed E-state index contributed by atoms with van der Waals surface area (Å²) in [4.78, 5) is 16.5. The lowest BCUT2D eigenvalue weighted by Gasteiger charge is -2.43. The summed E-state index contributed by atoms with van der Waals surface area (Å²) in [6, 6.07) is 6.30. The van der Waals surface area contributed by atoms with Crippen LogP contribution in [0.4, 0.5) is 21.9 Å². The Labute approximate surface area is 137 Å². The molecule has 2 atom stereocenters. The first-order chi connectivity index (χ1) is 10.8. The SMILES string of the molecule is CC(C)(C)OC(=O)N1CC2CCC(C1)N2c1cccc(N)c1N. The second-order valence-electron chi connectivity index (χ2n) is 7.46. The molecule has 1 aromatic carbocycles. The predicted octanol–water partition coefficient (Wildman–Crippen LogP) is 2.44. The molecular weight excluding hydrogens is 292 g/mol. The monoisotopic (exact) mass is 318 g/mol. The minimum absolute atomic E-state index is 0.227. The number of benzene rings is 1. The van der Waals surface area contributed by atoms with Crippen molar-refractivity contribution in [3.8, 4) is 0 Å². The fraction of sp³-hybridized carbons (Fsp3) is 0.588. The van der Waals surface area contributed by atoms with E-state index < -0.39 is 5.60 Å². The summed E-state index contributed by atoms with van der Waals surface area (Å²) >= 11 is 0. The minimum atomic E-state index is -0.467. The third kappa shape index (κ3) is 3.02. The van der Waals surface area contributed by atoms with E-state index in [-0.39, 0.29) is 18.2 Å². The molecule has 2 heterocycles. The molecule has 0 aliphatic carbocycles. The molecule has 0 saturated carbocycles. The van der Waals surface area contributed by atoms with E-state index in [0.29, 0.717) is 24.5 Å². The molecular formula is C17H26N4O2. The Morgan fingerprint density at radius 2 is 1.78 bits per heavy atom. The van der Waals surface area contributed by atoms with Gasteiger partial charge in [0.15, 0.2) is 0 Å². The number of para-hydroxylation sites is 1. The first kappa shape index (κ1) is 15.8. The molecule has 2 aliphatic rings. The number of piperazine rings is 1. The van der Waals surface area contributed by atoms with Gasteiger partial charge in [0.05, 0.1) is 17.1 Å². The molecule has 2 aliphatic heterocycles. The van der Waals surface area contributed by atoms with Crippen LogP contribution in [0.25, 0.3) is 0 Å². The molecule has 1 amide bonds. The largest absolute Gasteiger partial charge is 0.444 e. The number of fused-ring (bicyclic) bond motifs is 2. The second-order valence-corrected chi connectivity index (χ2v) is 7.46. The number of ether oxygens (including phenoxy) is 1. The van der Waals surface area contributed by atoms with Gasteiger partial charge >= 0.3 is 6.09 Å². The second kappa shape index (κ2) is 5.51. The number of carbonyl (C=O) groups excluding carboxylic acids is 1. The normalized spacial score (nSPS) is 24.0. The highest BCUT2D eigenvalue weighted by atomic mass is 16.6. The lowest BCUT2D eigenvalue weighted by atomic mass is 10.1. The van der Waals surface area contributed by atoms with E-state index in [4.69, 9.17) is 16.2 Å². The van der Waals surface area contributed by atoms with Crippen molar-refractivity contribution in [1.82, 2.24) is 4.90 Å². The summed E-state index contributed by atoms with van der Waals surface area (Å²) in [7, 11) is 0. The smallest absolute Gasteiger partial charge is 0.410 e. The third-order valence-corrected chi connectivity index (χ3v) is 4.53. The maximum absolute atomic E-state index is 12.3. The quantitative estimate of drug-likeness (QED) is 0.777. The van der Waals surface area contributed by atoms with E-state index >= 15 is 0 Å². The van der Waals surface area contributed by atoms with Gasteiger partial charge in [-0.25, -0.2) is 4.79 Å². The molecule has 2 fully saturated rings. The molecule has 126 valence electrons. The van der Waals surface area contributed by atoms with Gasteiger partial charge in [0.1, 0.15) is 5.60 Å². The van der Waals surface area contributed by atoms with Gasteiger partial charge in [0, 0.05) is 25.2 Å². The van der Waals surface area contributed by atoms with Crippen LogP contribution in [0.5, 0.6) is 0 Å². The van der Waals surface area contributed by atoms with E-state index in [1.807, 2.05) is 43.9 Å². The van der Waals surface area contributed by atoms with E-state index in [1.54, 1.807) is 0 Å². The van der Waals surface area contributed by atoms with Gasteiger partial charge in [-0.2, -0.15) is 0 Å². The highest BCUT2D eigenvalue weighted by molar-refractivity contribution is 5.80. The molecule has 4 N–H and O–H groups in total. The Balaban J connectivity index is 1.78. The molecule has 3 rings (SSSR count). The summed E-state index contributed by atoms with van der Waals surface area (Å²) in [6.45, 7) is 7.01. The van der Waals surface area contributed by atoms with Crippen molar-refractivity contribution < 1.29 is 9.53 Å². The summed E-state index contributed by atoms with van der Waals surface area (Å²) in [5, 5.41) is 0. The van der Waals surface area contributed by atoms with Crippen molar-refractivity contribution >= 4 is 23.2 Å². The zero-order valence-corrected chi connectivity index (χ0v) is 14.1. The molecule has 2 bridgehead atoms. The lowest BCUT2D eigenvalue weighted by molar-refractivity contribution is 0.0210. The predicted molar refractivity (Wildman–Crippen MR) is 92.4 cm³/mol. The Morgan fingerprint density at radius 3 is 2.35 bits per heavy atom. The van der Waals surface area contributed by atoms with Crippen molar-refractivity contribution in [3.05, 3.63) is 18.2 Å². The number of amides is 1. The molecule has 0 radical (unpaired) electrons. The Hall–Kier alpha value is -2.11. The zero-order chi connectivity index (χ0) is 16.8. The average Bonchev–Trinajstić information content (AvgIpc) is 2.70. The van der Waals surface area contributed by atoms with Gasteiger partial charge < -0.3 is 26.0 Å². The fourth-order valence-electron chi connectivity index (χ4n) is 3.57. The summed E-state index contributed by atoms with van der Waals surface area (Å²) in [6.07, 6.45) is 1.88. The number of anilines is 3. The van der Waals surface area contributed by atoms with Crippen molar-refractivity contribution in [1.29, 1.82) is 0 Å². The molecule has 6 nitrogen and oxygen atoms in total. The van der Waals surface area contributed by atoms with Gasteiger partial charge in [-0.3, -0.25) is 0 Å². The molecule has 6 heteroatoms. The van der Waals surface area contributed by atoms with Crippen molar-refractivity contribution in [3.63, 3.8) is 0 Å². The van der Waals surface area contributed by atoms with Crippen molar-refractivity contribution in [2.24, 2.45) is 0 Å². The van der Waals surface area contributed by atoms with Crippen LogP contribution >= 0.6 is 0 Å². The van der Waals surface area contributed by atoms with Crippen LogP contribution in [0.3, 0.4) is 0 Å². The van der Waals surface area contributed by atoms with Gasteiger partial charge in [-0.1, -0.05) is 6.07 Å². The van der Waals surface area contributed by atoms with Gasteiger partial charge in [0.2, 0.25) is 0 Å². The standard InChI is InChI=1S/C17H26N4O2/c1-17(2,3)23-16(22)20-9-11-7-8-12(10-20)21(11)14-6-4-5-13(18)15(14)19/h4-6,11-12H,7-10,18-19H2,1-3H3. The van der Waals surface area contributed by atoms with E-state index in [0.717, 1.165) is 18.5 Å². The van der Waals surface area contributed by atoms with Crippen LogP contribution in [-0.2, 0) is 4.74 Å². The maximum Gasteiger partial charge on any atom is 0.410 e. The topological polar surface area (TPSA) is 84.8 Å². The molecule has 0 aromatic heterocycles.